The summed E-state index contributed by atoms with van der Waals surface area (Å²) in [6.45, 7) is 9.92. The van der Waals surface area contributed by atoms with E-state index >= 15 is 0 Å². The molecule has 0 bridgehead atoms. The molecule has 0 radical (unpaired) electrons. The third-order valence-electron chi connectivity index (χ3n) is 0.460. The monoisotopic (exact) mass is 8370 g/mol. The van der Waals surface area contributed by atoms with Gasteiger partial charge < -0.3 is 0 Å². The van der Waals surface area contributed by atoms with Gasteiger partial charge in [0.05, 0.1) is 0 Å². The molecule has 0 aromatic heterocycles. The van der Waals surface area contributed by atoms with Crippen LogP contribution in [0.1, 0.15) is 20.8 Å². The van der Waals surface area contributed by atoms with E-state index in [0.29, 0.717) is 0 Å². The summed E-state index contributed by atoms with van der Waals surface area (Å²) in [6, 6.07) is 0. The van der Waals surface area contributed by atoms with Gasteiger partial charge in [0.2, 0.25) is 0 Å². The molecule has 0 saturated carbocycles. The van der Waals surface area contributed by atoms with Crippen molar-refractivity contribution in [2.24, 2.45) is 0 Å². The van der Waals surface area contributed by atoms with Crippen LogP contribution in [0.3, 0.4) is 0 Å². The molecule has 0 spiro atoms. The van der Waals surface area contributed by atoms with Crippen molar-refractivity contribution in [3.8, 4) is 0 Å². The van der Waals surface area contributed by atoms with Gasteiger partial charge in [-0.2, -0.15) is 0 Å². The van der Waals surface area contributed by atoms with Crippen molar-refractivity contribution in [3.05, 3.63) is 12.2 Å². The van der Waals surface area contributed by atoms with E-state index in [1.54, 1.807) is 0 Å². The Hall–Kier alpha value is 30.8. The summed E-state index contributed by atoms with van der Waals surface area (Å²) >= 11 is 1.36. The van der Waals surface area contributed by atoms with Gasteiger partial charge in [-0.1, -0.05) is 0 Å². The second kappa shape index (κ2) is 321. The van der Waals surface area contributed by atoms with Crippen molar-refractivity contribution in [1.29, 1.82) is 0 Å². The van der Waals surface area contributed by atoms with Crippen molar-refractivity contribution in [2.75, 3.05) is 0 Å². The minimum atomic E-state index is 0. The SMILES string of the molecule is [CH2-][C](=[W])[N-]C(C)(C)C.[W+2].[W].[W].[W].[W].[W].[W].[W].[W].[W].[W].[W].[W].[W].[W].[W].[W].[W].[W].[W].[W].[W].[W].[W].[W].[W].[W].[W].[W].[W].[W].[W].[W].[W].[W].[W].[W].[W].[W].[W].[W].[W].[W].[W]. The second-order valence-electron chi connectivity index (χ2n) is 2.68. The first-order valence-corrected chi connectivity index (χ1v) is 3.97. The van der Waals surface area contributed by atoms with Crippen molar-refractivity contribution in [2.45, 2.75) is 26.3 Å². The minimum Gasteiger partial charge on any atom is 0 e. The first-order chi connectivity index (χ1) is 3.42. The van der Waals surface area contributed by atoms with E-state index in [-0.39, 0.29) is 932 Å². The van der Waals surface area contributed by atoms with Crippen LogP contribution in [0.15, 0.2) is 0 Å². The zero-order valence-electron chi connectivity index (χ0n) is 23.5. The van der Waals surface area contributed by atoms with Gasteiger partial charge in [-0.15, -0.1) is 0 Å². The Kier molecular flexibility index (Phi) is 2390. The zero-order chi connectivity index (χ0) is 6.78. The van der Waals surface area contributed by atoms with Crippen LogP contribution in [-0.4, -0.2) is 9.56 Å². The summed E-state index contributed by atoms with van der Waals surface area (Å²) in [5, 5.41) is 4.25. The Bertz CT molecular complexity index is 116. The maximum atomic E-state index is 4.25. The quantitative estimate of drug-likeness (QED) is 0.355. The molecule has 52 heavy (non-hydrogen) atoms. The van der Waals surface area contributed by atoms with E-state index in [1.807, 2.05) is 0 Å². The molecule has 46 heteroatoms. The van der Waals surface area contributed by atoms with Crippen LogP contribution < -0.4 is 0 Å². The molecule has 0 heterocycles. The molecule has 0 aromatic carbocycles. The smallest absolute Gasteiger partial charge is 0 e. The van der Waals surface area contributed by atoms with Crippen LogP contribution in [0.2, 0.25) is 0 Å². The van der Waals surface area contributed by atoms with Crippen LogP contribution >= 0.6 is 0 Å². The Morgan fingerprint density at radius 3 is 0.327 bits per heavy atom. The van der Waals surface area contributed by atoms with Gasteiger partial charge in [0.1, 0.15) is 0 Å². The third-order valence-corrected chi connectivity index (χ3v) is 0.788. The Morgan fingerprint density at radius 1 is 0.269 bits per heavy atom. The molecule has 0 saturated heterocycles. The standard InChI is InChI=1S/C6H11N.45W/c1-5-7-6(2,3)4;;;;;;;;;;;;;;;;;;;;;;;;;;;;;;;;;;;;;;;;;;;;;/h1H2,2-4H3;;;;;;;;;;;;;;;;;;;;;;;;;;;;;;;;;;;;;;;;;;;;;/q-2;;;;;;;;;;;;;;;;;;;;;;;;;;;;;;;;;;;;;;;;;;;;;+2. The van der Waals surface area contributed by atoms with Crippen molar-refractivity contribution in [1.82, 2.24) is 0 Å². The Labute approximate surface area is 959 Å². The van der Waals surface area contributed by atoms with E-state index in [0.717, 1.165) is 4.02 Å². The predicted molar refractivity (Wildman–Crippen MR) is 33.5 cm³/mol. The molecule has 310 valence electrons. The van der Waals surface area contributed by atoms with E-state index in [4.69, 9.17) is 0 Å². The normalized spacial score (nSPS) is 1.77. The van der Waals surface area contributed by atoms with Crippen LogP contribution in [0.25, 0.3) is 5.32 Å². The molecule has 0 aromatic rings. The van der Waals surface area contributed by atoms with E-state index < -0.39 is 0 Å². The molecule has 0 rings (SSSR count). The predicted octanol–water partition coefficient (Wildman–Crippen LogP) is 1.56. The van der Waals surface area contributed by atoms with Gasteiger partial charge in [-0.3, -0.25) is 0 Å². The Balaban J connectivity index is -0.000000000259. The third kappa shape index (κ3) is 401. The number of hydrogen-bond donors (Lipinski definition) is 0. The Morgan fingerprint density at radius 2 is 0.327 bits per heavy atom. The molecule has 0 fully saturated rings. The van der Waals surface area contributed by atoms with Gasteiger partial charge in [0.15, 0.2) is 0 Å². The van der Waals surface area contributed by atoms with Crippen molar-refractivity contribution < 1.29 is 946 Å². The topological polar surface area (TPSA) is 14.1 Å². The van der Waals surface area contributed by atoms with Gasteiger partial charge in [-0.05, 0) is 0 Å². The molecule has 1 nitrogen and oxygen atoms in total. The fourth-order valence-corrected chi connectivity index (χ4v) is 1.36. The van der Waals surface area contributed by atoms with Gasteiger partial charge in [0.25, 0.3) is 0 Å². The van der Waals surface area contributed by atoms with E-state index in [9.17, 15) is 0 Å². The number of hydrogen-bond acceptors (Lipinski definition) is 0. The summed E-state index contributed by atoms with van der Waals surface area (Å²) < 4.78 is 0.984. The van der Waals surface area contributed by atoms with Crippen LogP contribution in [0.4, 0.5) is 0 Å². The maximum Gasteiger partial charge on any atom is 2.00 e. The summed E-state index contributed by atoms with van der Waals surface area (Å²) in [7, 11) is 0. The fourth-order valence-electron chi connectivity index (χ4n) is 0.374. The summed E-state index contributed by atoms with van der Waals surface area (Å²) in [4.78, 5) is 0. The van der Waals surface area contributed by atoms with E-state index in [1.165, 1.54) is 19.4 Å². The first-order valence-electron chi connectivity index (χ1n) is 2.50. The van der Waals surface area contributed by atoms with Gasteiger partial charge in [0, 0.05) is 906 Å². The van der Waals surface area contributed by atoms with Crippen LogP contribution in [-0.2, 0) is 946 Å². The van der Waals surface area contributed by atoms with Gasteiger partial charge >= 0.3 is 83.0 Å². The largest absolute Gasteiger partial charge is 2.00 e. The molecule has 0 unspecified atom stereocenters. The summed E-state index contributed by atoms with van der Waals surface area (Å²) in [5.74, 6) is 0. The summed E-state index contributed by atoms with van der Waals surface area (Å²) in [6.07, 6.45) is 0. The molecular formula is C6H11NW45. The summed E-state index contributed by atoms with van der Waals surface area (Å²) in [5.41, 5.74) is 0.0683. The first kappa shape index (κ1) is 388. The molecule has 0 amide bonds. The van der Waals surface area contributed by atoms with Crippen molar-refractivity contribution in [3.63, 3.8) is 0 Å². The average Bonchev–Trinajstić information content (AvgIpc) is 1.21. The fraction of sp³-hybridized carbons (Fsp3) is 0.667. The number of nitrogens with zero attached hydrogens (tertiary/aromatic N) is 1. The zero-order valence-corrected chi connectivity index (χ0v) is 156. The molecule has 0 aliphatic heterocycles. The minimum absolute atomic E-state index is 0. The molecule has 0 N–H and O–H groups in total. The maximum absolute atomic E-state index is 4.25. The molecule has 0 aliphatic rings. The average molecular weight is 8370 g/mol. The van der Waals surface area contributed by atoms with E-state index in [2.05, 4.69) is 33.0 Å². The molecular weight excluding hydrogens is 8360 g/mol. The van der Waals surface area contributed by atoms with Gasteiger partial charge in [-0.25, -0.2) is 0 Å². The number of rotatable bonds is 1. The molecule has 0 atom stereocenters. The van der Waals surface area contributed by atoms with Crippen molar-refractivity contribution >= 4 is 4.02 Å². The van der Waals surface area contributed by atoms with Crippen LogP contribution in [0, 0.1) is 6.92 Å². The van der Waals surface area contributed by atoms with Crippen LogP contribution in [0.5, 0.6) is 0 Å². The molecule has 0 aliphatic carbocycles. The second-order valence-corrected chi connectivity index (χ2v) is 4.37.